The molecule has 0 amide bonds. The zero-order chi connectivity index (χ0) is 15.5. The Balaban J connectivity index is 1.68. The van der Waals surface area contributed by atoms with Crippen molar-refractivity contribution in [2.24, 2.45) is 0 Å². The van der Waals surface area contributed by atoms with Crippen molar-refractivity contribution < 1.29 is 9.67 Å². The van der Waals surface area contributed by atoms with Gasteiger partial charge in [0.05, 0.1) is 4.71 Å². The molecule has 2 aromatic rings. The fourth-order valence-electron chi connectivity index (χ4n) is 2.97. The van der Waals surface area contributed by atoms with Crippen molar-refractivity contribution in [1.29, 1.82) is 0 Å². The molecule has 116 valence electrons. The predicted octanol–water partition coefficient (Wildman–Crippen LogP) is 2.99. The molecule has 0 unspecified atom stereocenters. The number of phenolic OH excluding ortho intramolecular Hbond substituents is 1. The number of thiol groups is 2. The van der Waals surface area contributed by atoms with E-state index in [1.807, 2.05) is 12.1 Å². The third-order valence-corrected chi connectivity index (χ3v) is 4.98. The van der Waals surface area contributed by atoms with E-state index < -0.39 is 0 Å². The number of aromatic hydroxyl groups is 1. The number of phenols is 1. The molecule has 3 rings (SSSR count). The second-order valence-corrected chi connectivity index (χ2v) is 7.10. The molecular weight excluding hydrogens is 312 g/mol. The van der Waals surface area contributed by atoms with Crippen LogP contribution in [0.3, 0.4) is 0 Å². The summed E-state index contributed by atoms with van der Waals surface area (Å²) in [6, 6.07) is 11.6. The summed E-state index contributed by atoms with van der Waals surface area (Å²) < 4.78 is 2.11. The lowest BCUT2D eigenvalue weighted by Crippen LogP contribution is -2.36. The van der Waals surface area contributed by atoms with Crippen molar-refractivity contribution in [3.05, 3.63) is 54.4 Å². The number of nitrogens with zero attached hydrogens (tertiary/aromatic N) is 2. The summed E-state index contributed by atoms with van der Waals surface area (Å²) in [6.45, 7) is 2.10. The van der Waals surface area contributed by atoms with Crippen molar-refractivity contribution >= 4 is 25.3 Å². The first kappa shape index (κ1) is 15.7. The molecule has 1 N–H and O–H groups in total. The Morgan fingerprint density at radius 1 is 1.00 bits per heavy atom. The van der Waals surface area contributed by atoms with E-state index in [0.29, 0.717) is 11.7 Å². The molecule has 0 spiro atoms. The van der Waals surface area contributed by atoms with Crippen LogP contribution in [0.25, 0.3) is 5.69 Å². The van der Waals surface area contributed by atoms with Gasteiger partial charge < -0.3 is 5.11 Å². The van der Waals surface area contributed by atoms with E-state index >= 15 is 0 Å². The summed E-state index contributed by atoms with van der Waals surface area (Å²) in [6.07, 6.45) is 6.49. The van der Waals surface area contributed by atoms with E-state index in [2.05, 4.69) is 59.3 Å². The average Bonchev–Trinajstić information content (AvgIpc) is 2.56. The van der Waals surface area contributed by atoms with Crippen molar-refractivity contribution in [2.75, 3.05) is 13.1 Å². The number of pyridine rings is 1. The van der Waals surface area contributed by atoms with Crippen LogP contribution >= 0.6 is 25.3 Å². The number of rotatable bonds is 3. The maximum Gasteiger partial charge on any atom is 0.210 e. The van der Waals surface area contributed by atoms with Crippen LogP contribution in [0.2, 0.25) is 0 Å². The Labute approximate surface area is 142 Å². The van der Waals surface area contributed by atoms with E-state index in [4.69, 9.17) is 0 Å². The molecule has 5 heteroatoms. The topological polar surface area (TPSA) is 27.4 Å². The summed E-state index contributed by atoms with van der Waals surface area (Å²) in [5.41, 5.74) is 2.44. The second-order valence-electron chi connectivity index (χ2n) is 5.71. The molecule has 1 saturated heterocycles. The van der Waals surface area contributed by atoms with Gasteiger partial charge in [0.15, 0.2) is 12.4 Å². The molecule has 0 aliphatic carbocycles. The predicted molar refractivity (Wildman–Crippen MR) is 94.9 cm³/mol. The van der Waals surface area contributed by atoms with Crippen molar-refractivity contribution in [2.45, 2.75) is 23.5 Å². The number of hydrogen-bond donors (Lipinski definition) is 3. The number of likely N-dealkylation sites (tertiary alicyclic amines) is 1. The van der Waals surface area contributed by atoms with Crippen molar-refractivity contribution in [3.63, 3.8) is 0 Å². The molecule has 1 aliphatic rings. The van der Waals surface area contributed by atoms with E-state index in [9.17, 15) is 5.11 Å². The fourth-order valence-corrected chi connectivity index (χ4v) is 3.43. The third kappa shape index (κ3) is 3.59. The Morgan fingerprint density at radius 3 is 2.14 bits per heavy atom. The minimum atomic E-state index is 0.0494. The van der Waals surface area contributed by atoms with Crippen LogP contribution in [0.15, 0.2) is 48.8 Å². The van der Waals surface area contributed by atoms with Gasteiger partial charge in [-0.3, -0.25) is 4.90 Å². The van der Waals surface area contributed by atoms with Crippen LogP contribution in [-0.2, 0) is 0 Å². The van der Waals surface area contributed by atoms with Crippen LogP contribution in [0, 0.1) is 0 Å². The van der Waals surface area contributed by atoms with Crippen LogP contribution in [0.4, 0.5) is 0 Å². The highest BCUT2D eigenvalue weighted by atomic mass is 32.2. The molecule has 2 heterocycles. The second kappa shape index (κ2) is 6.94. The van der Waals surface area contributed by atoms with E-state index in [1.54, 1.807) is 12.1 Å². The van der Waals surface area contributed by atoms with Gasteiger partial charge in [-0.25, -0.2) is 0 Å². The lowest BCUT2D eigenvalue weighted by molar-refractivity contribution is -0.595. The van der Waals surface area contributed by atoms with E-state index in [1.165, 1.54) is 5.56 Å². The zero-order valence-electron chi connectivity index (χ0n) is 12.3. The monoisotopic (exact) mass is 333 g/mol. The maximum atomic E-state index is 9.35. The lowest BCUT2D eigenvalue weighted by Gasteiger charge is -2.33. The molecular formula is C17H21N2OS2+. The molecule has 3 nitrogen and oxygen atoms in total. The molecule has 0 bridgehead atoms. The van der Waals surface area contributed by atoms with Gasteiger partial charge >= 0.3 is 0 Å². The highest BCUT2D eigenvalue weighted by Gasteiger charge is 2.23. The number of benzene rings is 1. The highest BCUT2D eigenvalue weighted by Crippen LogP contribution is 2.29. The van der Waals surface area contributed by atoms with E-state index in [0.717, 1.165) is 31.6 Å². The van der Waals surface area contributed by atoms with E-state index in [-0.39, 0.29) is 4.71 Å². The normalized spacial score (nSPS) is 17.0. The molecule has 1 aliphatic heterocycles. The molecule has 1 fully saturated rings. The molecule has 0 radical (unpaired) electrons. The standard InChI is InChI=1S/C17H20N2OS2/c20-16-3-1-15(2-4-16)18-9-5-13(6-10-18)14-7-11-19(12-8-14)17(21)22/h1-6,9-10,14,17H,7-8,11-12H2,(H2-,20,21,22)/p+1. The van der Waals surface area contributed by atoms with Gasteiger partial charge in [-0.05, 0) is 36.5 Å². The van der Waals surface area contributed by atoms with Crippen LogP contribution < -0.4 is 4.57 Å². The first-order valence-corrected chi connectivity index (χ1v) is 8.57. The summed E-state index contributed by atoms with van der Waals surface area (Å²) >= 11 is 8.78. The molecule has 1 aromatic heterocycles. The Hall–Kier alpha value is -1.17. The van der Waals surface area contributed by atoms with Gasteiger partial charge in [0.25, 0.3) is 0 Å². The van der Waals surface area contributed by atoms with Gasteiger partial charge in [0, 0.05) is 37.4 Å². The Morgan fingerprint density at radius 2 is 1.59 bits per heavy atom. The van der Waals surface area contributed by atoms with Gasteiger partial charge in [-0.2, -0.15) is 4.57 Å². The minimum Gasteiger partial charge on any atom is -0.508 e. The van der Waals surface area contributed by atoms with Crippen molar-refractivity contribution in [3.8, 4) is 11.4 Å². The van der Waals surface area contributed by atoms with Gasteiger partial charge in [0.2, 0.25) is 5.69 Å². The number of aromatic nitrogens is 1. The fraction of sp³-hybridized carbons (Fsp3) is 0.353. The Bertz CT molecular complexity index is 606. The SMILES string of the molecule is Oc1ccc(-[n+]2ccc(C3CCN(C(S)S)CC3)cc2)cc1. The molecule has 1 aromatic carbocycles. The summed E-state index contributed by atoms with van der Waals surface area (Å²) in [5.74, 6) is 0.908. The maximum absolute atomic E-state index is 9.35. The lowest BCUT2D eigenvalue weighted by atomic mass is 9.90. The minimum absolute atomic E-state index is 0.0494. The summed E-state index contributed by atoms with van der Waals surface area (Å²) in [5, 5.41) is 9.35. The summed E-state index contributed by atoms with van der Waals surface area (Å²) in [7, 11) is 0. The highest BCUT2D eigenvalue weighted by molar-refractivity contribution is 7.99. The molecule has 22 heavy (non-hydrogen) atoms. The number of piperidine rings is 1. The van der Waals surface area contributed by atoms with Crippen molar-refractivity contribution in [1.82, 2.24) is 4.90 Å². The Kier molecular flexibility index (Phi) is 4.96. The van der Waals surface area contributed by atoms with Crippen LogP contribution in [0.1, 0.15) is 24.3 Å². The average molecular weight is 334 g/mol. The van der Waals surface area contributed by atoms with Gasteiger partial charge in [-0.15, -0.1) is 25.3 Å². The molecule has 0 atom stereocenters. The number of hydrogen-bond acceptors (Lipinski definition) is 4. The third-order valence-electron chi connectivity index (χ3n) is 4.33. The molecule has 0 saturated carbocycles. The quantitative estimate of drug-likeness (QED) is 0.458. The van der Waals surface area contributed by atoms with Crippen LogP contribution in [-0.4, -0.2) is 27.8 Å². The largest absolute Gasteiger partial charge is 0.508 e. The smallest absolute Gasteiger partial charge is 0.210 e. The van der Waals surface area contributed by atoms with Crippen LogP contribution in [0.5, 0.6) is 5.75 Å². The van der Waals surface area contributed by atoms with Gasteiger partial charge in [0.1, 0.15) is 5.75 Å². The summed E-state index contributed by atoms with van der Waals surface area (Å²) in [4.78, 5) is 2.29. The van der Waals surface area contributed by atoms with Gasteiger partial charge in [-0.1, -0.05) is 0 Å². The first-order valence-electron chi connectivity index (χ1n) is 7.54. The first-order chi connectivity index (χ1) is 10.6. The zero-order valence-corrected chi connectivity index (χ0v) is 14.1.